The van der Waals surface area contributed by atoms with Crippen molar-refractivity contribution in [2.75, 3.05) is 19.6 Å². The number of halogens is 1. The van der Waals surface area contributed by atoms with Gasteiger partial charge in [0.25, 0.3) is 11.8 Å². The zero-order valence-corrected chi connectivity index (χ0v) is 17.1. The maximum absolute atomic E-state index is 14.0. The number of furan rings is 1. The quantitative estimate of drug-likeness (QED) is 0.614. The Morgan fingerprint density at radius 1 is 1.20 bits per heavy atom. The minimum absolute atomic E-state index is 0.0554. The molecule has 7 heteroatoms. The Morgan fingerprint density at radius 2 is 1.97 bits per heavy atom. The molecule has 1 atom stereocenters. The Morgan fingerprint density at radius 3 is 2.67 bits per heavy atom. The molecule has 0 spiro atoms. The van der Waals surface area contributed by atoms with Crippen molar-refractivity contribution in [3.8, 4) is 0 Å². The van der Waals surface area contributed by atoms with E-state index in [-0.39, 0.29) is 23.4 Å². The minimum Gasteiger partial charge on any atom is -0.448 e. The highest BCUT2D eigenvalue weighted by Crippen LogP contribution is 2.25. The van der Waals surface area contributed by atoms with E-state index in [0.717, 1.165) is 11.0 Å². The molecular weight excluding hydrogens is 385 g/mol. The molecule has 3 heterocycles. The van der Waals surface area contributed by atoms with Crippen molar-refractivity contribution < 1.29 is 18.4 Å². The van der Waals surface area contributed by atoms with E-state index >= 15 is 0 Å². The lowest BCUT2D eigenvalue weighted by molar-refractivity contribution is 0.0406. The van der Waals surface area contributed by atoms with Crippen LogP contribution in [0.15, 0.2) is 59.2 Å². The predicted octanol–water partition coefficient (Wildman–Crippen LogP) is 3.94. The van der Waals surface area contributed by atoms with Gasteiger partial charge in [0.15, 0.2) is 0 Å². The van der Waals surface area contributed by atoms with Gasteiger partial charge in [-0.1, -0.05) is 24.3 Å². The normalized spacial score (nSPS) is 16.8. The van der Waals surface area contributed by atoms with Crippen LogP contribution in [0.3, 0.4) is 0 Å². The minimum atomic E-state index is -0.534. The molecule has 0 radical (unpaired) electrons. The van der Waals surface area contributed by atoms with Crippen LogP contribution < -0.4 is 0 Å². The Balaban J connectivity index is 1.54. The van der Waals surface area contributed by atoms with Gasteiger partial charge in [0.05, 0.1) is 11.8 Å². The second kappa shape index (κ2) is 7.82. The topological polar surface area (TPSA) is 58.7 Å². The first-order chi connectivity index (χ1) is 14.4. The van der Waals surface area contributed by atoms with Crippen LogP contribution in [0.1, 0.15) is 34.7 Å². The van der Waals surface area contributed by atoms with Gasteiger partial charge in [-0.05, 0) is 38.1 Å². The first kappa shape index (κ1) is 19.9. The molecular formula is C23H24FN3O3. The number of hydrogen-bond acceptors (Lipinski definition) is 3. The van der Waals surface area contributed by atoms with Crippen molar-refractivity contribution in [2.45, 2.75) is 26.4 Å². The lowest BCUT2D eigenvalue weighted by Crippen LogP contribution is -2.55. The van der Waals surface area contributed by atoms with Crippen LogP contribution in [0, 0.1) is 5.82 Å². The summed E-state index contributed by atoms with van der Waals surface area (Å²) >= 11 is 0. The van der Waals surface area contributed by atoms with Gasteiger partial charge in [0.1, 0.15) is 11.5 Å². The molecule has 1 fully saturated rings. The zero-order chi connectivity index (χ0) is 21.4. The fourth-order valence-corrected chi connectivity index (χ4v) is 3.97. The Kier molecular flexibility index (Phi) is 5.20. The lowest BCUT2D eigenvalue weighted by Gasteiger charge is -2.40. The molecule has 1 aromatic carbocycles. The highest BCUT2D eigenvalue weighted by molar-refractivity contribution is 5.98. The molecule has 0 bridgehead atoms. The molecule has 1 saturated heterocycles. The average molecular weight is 409 g/mol. The van der Waals surface area contributed by atoms with Crippen LogP contribution in [-0.2, 0) is 6.54 Å². The first-order valence-electron chi connectivity index (χ1n) is 9.92. The Labute approximate surface area is 174 Å². The second-order valence-electron chi connectivity index (χ2n) is 7.83. The van der Waals surface area contributed by atoms with Gasteiger partial charge in [-0.25, -0.2) is 4.39 Å². The summed E-state index contributed by atoms with van der Waals surface area (Å²) in [7, 11) is 0. The van der Waals surface area contributed by atoms with Crippen LogP contribution in [-0.4, -0.2) is 51.9 Å². The predicted molar refractivity (Wildman–Crippen MR) is 112 cm³/mol. The van der Waals surface area contributed by atoms with E-state index in [1.165, 1.54) is 12.1 Å². The number of aromatic nitrogens is 1. The number of fused-ring (bicyclic) bond motifs is 1. The third-order valence-electron chi connectivity index (χ3n) is 5.43. The fraction of sp³-hybridized carbons (Fsp3) is 0.304. The molecule has 6 nitrogen and oxygen atoms in total. The molecule has 30 heavy (non-hydrogen) atoms. The van der Waals surface area contributed by atoms with Gasteiger partial charge in [0.2, 0.25) is 5.71 Å². The van der Waals surface area contributed by atoms with Gasteiger partial charge in [-0.3, -0.25) is 9.59 Å². The van der Waals surface area contributed by atoms with Gasteiger partial charge >= 0.3 is 0 Å². The number of piperazine rings is 1. The third-order valence-corrected chi connectivity index (χ3v) is 5.43. The van der Waals surface area contributed by atoms with E-state index in [1.54, 1.807) is 28.2 Å². The van der Waals surface area contributed by atoms with Gasteiger partial charge in [0, 0.05) is 37.6 Å². The molecule has 0 saturated carbocycles. The van der Waals surface area contributed by atoms with Crippen LogP contribution in [0.2, 0.25) is 0 Å². The van der Waals surface area contributed by atoms with Gasteiger partial charge < -0.3 is 18.8 Å². The van der Waals surface area contributed by atoms with Crippen molar-refractivity contribution in [3.05, 3.63) is 71.9 Å². The first-order valence-corrected chi connectivity index (χ1v) is 9.92. The molecule has 0 aliphatic carbocycles. The Hall–Kier alpha value is -3.35. The zero-order valence-electron chi connectivity index (χ0n) is 17.1. The number of benzene rings is 1. The molecule has 2 amide bonds. The van der Waals surface area contributed by atoms with Gasteiger partial charge in [-0.15, -0.1) is 0 Å². The average Bonchev–Trinajstić information content (AvgIpc) is 3.29. The molecule has 156 valence electrons. The molecule has 0 N–H and O–H groups in total. The lowest BCUT2D eigenvalue weighted by atomic mass is 10.1. The molecule has 3 aromatic rings. The van der Waals surface area contributed by atoms with Crippen molar-refractivity contribution in [1.82, 2.24) is 14.4 Å². The van der Waals surface area contributed by atoms with Crippen LogP contribution in [0.5, 0.6) is 0 Å². The number of nitrogens with zero attached hydrogens (tertiary/aromatic N) is 3. The number of amides is 2. The Bertz CT molecular complexity index is 1130. The van der Waals surface area contributed by atoms with E-state index in [2.05, 4.69) is 6.58 Å². The van der Waals surface area contributed by atoms with E-state index in [4.69, 9.17) is 4.42 Å². The summed E-state index contributed by atoms with van der Waals surface area (Å²) in [6, 6.07) is 9.39. The molecule has 1 aliphatic rings. The maximum Gasteiger partial charge on any atom is 0.270 e. The van der Waals surface area contributed by atoms with E-state index < -0.39 is 5.82 Å². The van der Waals surface area contributed by atoms with Crippen molar-refractivity contribution in [1.29, 1.82) is 0 Å². The highest BCUT2D eigenvalue weighted by atomic mass is 19.1. The number of hydrogen-bond donors (Lipinski definition) is 0. The number of carbonyl (C=O) groups excluding carboxylic acids is 2. The van der Waals surface area contributed by atoms with Crippen LogP contribution >= 0.6 is 0 Å². The SMILES string of the molecule is C=C(C)Cn1c(C(=O)N2CCN(C(=O)c3ccccc3F)[C@H](C)C2)cc2ccoc21. The number of rotatable bonds is 4. The number of allylic oxidation sites excluding steroid dienone is 1. The summed E-state index contributed by atoms with van der Waals surface area (Å²) in [5.41, 5.74) is 2.14. The summed E-state index contributed by atoms with van der Waals surface area (Å²) in [6.45, 7) is 9.30. The van der Waals surface area contributed by atoms with Crippen molar-refractivity contribution in [3.63, 3.8) is 0 Å². The molecule has 0 unspecified atom stereocenters. The standard InChI is InChI=1S/C23H24FN3O3/c1-15(2)13-27-20(12-17-8-11-30-23(17)27)22(29)25-9-10-26(16(3)14-25)21(28)18-6-4-5-7-19(18)24/h4-8,11-12,16H,1,9-10,13-14H2,2-3H3/t16-/m1/s1. The summed E-state index contributed by atoms with van der Waals surface area (Å²) < 4.78 is 21.4. The van der Waals surface area contributed by atoms with E-state index in [9.17, 15) is 14.0 Å². The van der Waals surface area contributed by atoms with E-state index in [0.29, 0.717) is 37.6 Å². The van der Waals surface area contributed by atoms with Crippen molar-refractivity contribution >= 4 is 22.9 Å². The molecule has 2 aromatic heterocycles. The van der Waals surface area contributed by atoms with E-state index in [1.807, 2.05) is 30.5 Å². The molecule has 1 aliphatic heterocycles. The van der Waals surface area contributed by atoms with Crippen LogP contribution in [0.4, 0.5) is 4.39 Å². The van der Waals surface area contributed by atoms with Gasteiger partial charge in [-0.2, -0.15) is 0 Å². The van der Waals surface area contributed by atoms with Crippen LogP contribution in [0.25, 0.3) is 11.1 Å². The monoisotopic (exact) mass is 409 g/mol. The van der Waals surface area contributed by atoms with Crippen molar-refractivity contribution in [2.24, 2.45) is 0 Å². The number of carbonyl (C=O) groups is 2. The second-order valence-corrected chi connectivity index (χ2v) is 7.83. The summed E-state index contributed by atoms with van der Waals surface area (Å²) in [6.07, 6.45) is 1.60. The third kappa shape index (κ3) is 3.51. The smallest absolute Gasteiger partial charge is 0.270 e. The highest BCUT2D eigenvalue weighted by Gasteiger charge is 2.33. The summed E-state index contributed by atoms with van der Waals surface area (Å²) in [4.78, 5) is 29.4. The largest absolute Gasteiger partial charge is 0.448 e. The molecule has 4 rings (SSSR count). The summed E-state index contributed by atoms with van der Waals surface area (Å²) in [5, 5.41) is 0.862. The fourth-order valence-electron chi connectivity index (χ4n) is 3.97. The summed E-state index contributed by atoms with van der Waals surface area (Å²) in [5.74, 6) is -1.00. The maximum atomic E-state index is 14.0.